The fourth-order valence-corrected chi connectivity index (χ4v) is 4.68. The zero-order valence-electron chi connectivity index (χ0n) is 20.5. The summed E-state index contributed by atoms with van der Waals surface area (Å²) in [6, 6.07) is 10.4. The summed E-state index contributed by atoms with van der Waals surface area (Å²) in [7, 11) is 1.54. The highest BCUT2D eigenvalue weighted by Crippen LogP contribution is 2.29. The van der Waals surface area contributed by atoms with Crippen molar-refractivity contribution in [2.45, 2.75) is 50.0 Å². The number of para-hydroxylation sites is 2. The standard InChI is InChI=1S/C26H34N4O6/c1-34-23-5-3-2-4-21(23)29-26(33)30-15-19(31)16-35-17-24-22(30)7-6-20(36-24)14-25(32)28-13-10-18-8-11-27-12-9-18/h2-5,8-9,11-12,19-20,22,24,31H,6-7,10,13-17H2,1H3,(H,28,32)(H,29,33)/t19-,20-,22-,24+/m0/s1. The van der Waals surface area contributed by atoms with Crippen LogP contribution in [0.1, 0.15) is 24.8 Å². The van der Waals surface area contributed by atoms with Crippen LogP contribution >= 0.6 is 0 Å². The van der Waals surface area contributed by atoms with Gasteiger partial charge in [0.2, 0.25) is 5.91 Å². The number of aliphatic hydroxyl groups is 1. The van der Waals surface area contributed by atoms with Crippen LogP contribution in [0.3, 0.4) is 0 Å². The maximum atomic E-state index is 13.3. The molecule has 0 spiro atoms. The van der Waals surface area contributed by atoms with Crippen LogP contribution in [0.5, 0.6) is 5.75 Å². The molecule has 0 unspecified atom stereocenters. The van der Waals surface area contributed by atoms with Crippen molar-refractivity contribution >= 4 is 17.6 Å². The Bertz CT molecular complexity index is 1010. The third-order valence-electron chi connectivity index (χ3n) is 6.49. The molecule has 2 aliphatic heterocycles. The Kier molecular flexibility index (Phi) is 9.10. The molecule has 1 aromatic carbocycles. The normalized spacial score (nSPS) is 24.1. The molecule has 0 aliphatic carbocycles. The van der Waals surface area contributed by atoms with Crippen LogP contribution < -0.4 is 15.4 Å². The van der Waals surface area contributed by atoms with Gasteiger partial charge in [-0.3, -0.25) is 9.78 Å². The predicted octanol–water partition coefficient (Wildman–Crippen LogP) is 1.98. The van der Waals surface area contributed by atoms with Gasteiger partial charge in [-0.25, -0.2) is 4.79 Å². The van der Waals surface area contributed by atoms with Gasteiger partial charge in [-0.05, 0) is 49.1 Å². The summed E-state index contributed by atoms with van der Waals surface area (Å²) in [5, 5.41) is 16.2. The lowest BCUT2D eigenvalue weighted by molar-refractivity contribution is -0.149. The van der Waals surface area contributed by atoms with E-state index < -0.39 is 12.2 Å². The molecule has 3 amide bonds. The lowest BCUT2D eigenvalue weighted by Crippen LogP contribution is -2.58. The highest BCUT2D eigenvalue weighted by Gasteiger charge is 2.40. The number of nitrogens with zero attached hydrogens (tertiary/aromatic N) is 2. The van der Waals surface area contributed by atoms with E-state index in [-0.39, 0.29) is 50.3 Å². The van der Waals surface area contributed by atoms with Crippen LogP contribution in [0, 0.1) is 0 Å². The number of carbonyl (C=O) groups is 2. The Morgan fingerprint density at radius 3 is 2.78 bits per heavy atom. The van der Waals surface area contributed by atoms with E-state index in [1.807, 2.05) is 24.3 Å². The fourth-order valence-electron chi connectivity index (χ4n) is 4.68. The number of benzene rings is 1. The first kappa shape index (κ1) is 25.9. The maximum Gasteiger partial charge on any atom is 0.322 e. The van der Waals surface area contributed by atoms with Crippen LogP contribution in [0.4, 0.5) is 10.5 Å². The number of urea groups is 1. The molecule has 0 radical (unpaired) electrons. The number of aromatic nitrogens is 1. The first-order valence-electron chi connectivity index (χ1n) is 12.3. The van der Waals surface area contributed by atoms with Crippen molar-refractivity contribution in [3.8, 4) is 5.75 Å². The number of carbonyl (C=O) groups excluding carboxylic acids is 2. The molecule has 0 saturated carbocycles. The van der Waals surface area contributed by atoms with Crippen LogP contribution in [-0.4, -0.2) is 84.7 Å². The zero-order chi connectivity index (χ0) is 25.3. The SMILES string of the molecule is COc1ccccc1NC(=O)N1C[C@H](O)COC[C@H]2O[C@H](CC(=O)NCCc3ccncc3)CC[C@@H]21. The molecule has 3 N–H and O–H groups in total. The van der Waals surface area contributed by atoms with Crippen LogP contribution in [0.2, 0.25) is 0 Å². The van der Waals surface area contributed by atoms with Gasteiger partial charge >= 0.3 is 6.03 Å². The third-order valence-corrected chi connectivity index (χ3v) is 6.49. The van der Waals surface area contributed by atoms with Gasteiger partial charge in [0.1, 0.15) is 11.9 Å². The van der Waals surface area contributed by atoms with Gasteiger partial charge in [0.25, 0.3) is 0 Å². The second-order valence-electron chi connectivity index (χ2n) is 9.07. The molecule has 0 bridgehead atoms. The van der Waals surface area contributed by atoms with Crippen molar-refractivity contribution in [2.24, 2.45) is 0 Å². The van der Waals surface area contributed by atoms with E-state index in [4.69, 9.17) is 14.2 Å². The minimum Gasteiger partial charge on any atom is -0.495 e. The lowest BCUT2D eigenvalue weighted by Gasteiger charge is -2.44. The summed E-state index contributed by atoms with van der Waals surface area (Å²) in [5.41, 5.74) is 1.66. The average molecular weight is 499 g/mol. The first-order valence-corrected chi connectivity index (χ1v) is 12.3. The second-order valence-corrected chi connectivity index (χ2v) is 9.07. The number of ether oxygens (including phenoxy) is 3. The average Bonchev–Trinajstić information content (AvgIpc) is 2.87. The molecule has 36 heavy (non-hydrogen) atoms. The smallest absolute Gasteiger partial charge is 0.322 e. The summed E-state index contributed by atoms with van der Waals surface area (Å²) in [5.74, 6) is 0.480. The molecule has 2 aromatic rings. The maximum absolute atomic E-state index is 13.3. The molecule has 2 aliphatic rings. The zero-order valence-corrected chi connectivity index (χ0v) is 20.5. The number of anilines is 1. The van der Waals surface area contributed by atoms with E-state index in [9.17, 15) is 14.7 Å². The molecule has 4 rings (SSSR count). The minimum atomic E-state index is -0.807. The van der Waals surface area contributed by atoms with Gasteiger partial charge in [-0.15, -0.1) is 0 Å². The van der Waals surface area contributed by atoms with Gasteiger partial charge in [0, 0.05) is 18.9 Å². The largest absolute Gasteiger partial charge is 0.495 e. The molecule has 2 fully saturated rings. The quantitative estimate of drug-likeness (QED) is 0.534. The molecule has 10 nitrogen and oxygen atoms in total. The molecule has 3 heterocycles. The summed E-state index contributed by atoms with van der Waals surface area (Å²) in [6.45, 7) is 0.997. The van der Waals surface area contributed by atoms with E-state index in [1.165, 1.54) is 0 Å². The van der Waals surface area contributed by atoms with Crippen LogP contribution in [0.25, 0.3) is 0 Å². The molecule has 4 atom stereocenters. The molecule has 194 valence electrons. The Morgan fingerprint density at radius 2 is 1.97 bits per heavy atom. The van der Waals surface area contributed by atoms with Crippen molar-refractivity contribution in [2.75, 3.05) is 38.7 Å². The van der Waals surface area contributed by atoms with E-state index in [1.54, 1.807) is 36.5 Å². The number of aliphatic hydroxyl groups excluding tert-OH is 1. The number of hydrogen-bond donors (Lipinski definition) is 3. The highest BCUT2D eigenvalue weighted by molar-refractivity contribution is 5.91. The van der Waals surface area contributed by atoms with Crippen molar-refractivity contribution in [1.29, 1.82) is 0 Å². The Hall–Kier alpha value is -3.21. The number of pyridine rings is 1. The number of rotatable bonds is 7. The van der Waals surface area contributed by atoms with Crippen LogP contribution in [-0.2, 0) is 20.7 Å². The Labute approximate surface area is 210 Å². The number of fused-ring (bicyclic) bond motifs is 1. The lowest BCUT2D eigenvalue weighted by atomic mass is 9.95. The van der Waals surface area contributed by atoms with Crippen molar-refractivity contribution in [3.05, 3.63) is 54.4 Å². The predicted molar refractivity (Wildman–Crippen MR) is 133 cm³/mol. The minimum absolute atomic E-state index is 0.0690. The number of nitrogens with one attached hydrogen (secondary N) is 2. The molecule has 10 heteroatoms. The number of amides is 3. The van der Waals surface area contributed by atoms with Crippen molar-refractivity contribution in [3.63, 3.8) is 0 Å². The fraction of sp³-hybridized carbons (Fsp3) is 0.500. The van der Waals surface area contributed by atoms with Crippen molar-refractivity contribution in [1.82, 2.24) is 15.2 Å². The van der Waals surface area contributed by atoms with Gasteiger partial charge in [-0.2, -0.15) is 0 Å². The van der Waals surface area contributed by atoms with Crippen LogP contribution in [0.15, 0.2) is 48.8 Å². The molecule has 1 aromatic heterocycles. The van der Waals surface area contributed by atoms with E-state index in [2.05, 4.69) is 15.6 Å². The number of methoxy groups -OCH3 is 1. The summed E-state index contributed by atoms with van der Waals surface area (Å²) >= 11 is 0. The van der Waals surface area contributed by atoms with Gasteiger partial charge in [0.15, 0.2) is 0 Å². The Morgan fingerprint density at radius 1 is 1.17 bits per heavy atom. The molecule has 2 saturated heterocycles. The summed E-state index contributed by atoms with van der Waals surface area (Å²) in [4.78, 5) is 31.4. The van der Waals surface area contributed by atoms with E-state index in [0.717, 1.165) is 12.0 Å². The second kappa shape index (κ2) is 12.7. The van der Waals surface area contributed by atoms with Gasteiger partial charge < -0.3 is 34.9 Å². The third kappa shape index (κ3) is 6.93. The topological polar surface area (TPSA) is 122 Å². The van der Waals surface area contributed by atoms with E-state index in [0.29, 0.717) is 30.8 Å². The summed E-state index contributed by atoms with van der Waals surface area (Å²) < 4.78 is 17.2. The van der Waals surface area contributed by atoms with Gasteiger partial charge in [0.05, 0.1) is 57.2 Å². The Balaban J connectivity index is 1.34. The highest BCUT2D eigenvalue weighted by atomic mass is 16.5. The van der Waals surface area contributed by atoms with Crippen molar-refractivity contribution < 1.29 is 28.9 Å². The number of hydrogen-bond acceptors (Lipinski definition) is 7. The van der Waals surface area contributed by atoms with E-state index >= 15 is 0 Å². The molecular formula is C26H34N4O6. The molecular weight excluding hydrogens is 464 g/mol. The van der Waals surface area contributed by atoms with Gasteiger partial charge in [-0.1, -0.05) is 12.1 Å². The monoisotopic (exact) mass is 498 g/mol. The first-order chi connectivity index (χ1) is 17.5. The number of β-amino-alcohol motifs (C(OH)–C–C–N with tert-alkyl or cyclic N) is 1. The summed E-state index contributed by atoms with van der Waals surface area (Å²) in [6.07, 6.45) is 4.23.